The largest absolute Gasteiger partial charge is 0.295 e. The van der Waals surface area contributed by atoms with Gasteiger partial charge in [0.05, 0.1) is 0 Å². The summed E-state index contributed by atoms with van der Waals surface area (Å²) >= 11 is 0. The Kier molecular flexibility index (Phi) is 2.21. The fraction of sp³-hybridized carbons (Fsp3) is 0.100. The molecule has 0 aliphatic carbocycles. The highest BCUT2D eigenvalue weighted by atomic mass is 16.1. The number of carbonyl (C=O) groups excluding carboxylic acids is 1. The maximum atomic E-state index is 10.9. The van der Waals surface area contributed by atoms with Gasteiger partial charge in [0.2, 0.25) is 0 Å². The molecule has 1 nitrogen and oxygen atoms in total. The number of ketones is 1. The third-order valence-electron chi connectivity index (χ3n) is 1.53. The molecule has 0 saturated heterocycles. The normalized spacial score (nSPS) is 9.18. The molecule has 0 aromatic heterocycles. The predicted octanol–water partition coefficient (Wildman–Crippen LogP) is 2.53. The van der Waals surface area contributed by atoms with Crippen molar-refractivity contribution < 1.29 is 4.79 Å². The molecular formula is C10H10O. The van der Waals surface area contributed by atoms with E-state index >= 15 is 0 Å². The van der Waals surface area contributed by atoms with Crippen molar-refractivity contribution in [3.63, 3.8) is 0 Å². The van der Waals surface area contributed by atoms with Gasteiger partial charge < -0.3 is 0 Å². The lowest BCUT2D eigenvalue weighted by molar-refractivity contribution is 0.101. The molecule has 0 spiro atoms. The molecule has 0 saturated carbocycles. The van der Waals surface area contributed by atoms with Gasteiger partial charge >= 0.3 is 0 Å². The van der Waals surface area contributed by atoms with E-state index in [9.17, 15) is 4.79 Å². The molecule has 56 valence electrons. The summed E-state index contributed by atoms with van der Waals surface area (Å²) in [6, 6.07) is 7.40. The molecule has 1 aromatic carbocycles. The predicted molar refractivity (Wildman–Crippen MR) is 46.5 cm³/mol. The Balaban J connectivity index is 3.10. The van der Waals surface area contributed by atoms with Gasteiger partial charge in [0, 0.05) is 5.56 Å². The Morgan fingerprint density at radius 3 is 2.82 bits per heavy atom. The molecule has 0 bridgehead atoms. The molecular weight excluding hydrogens is 136 g/mol. The van der Waals surface area contributed by atoms with Crippen molar-refractivity contribution in [3.8, 4) is 0 Å². The van der Waals surface area contributed by atoms with Gasteiger partial charge in [0.15, 0.2) is 5.78 Å². The van der Waals surface area contributed by atoms with Gasteiger partial charge in [-0.15, -0.1) is 0 Å². The van der Waals surface area contributed by atoms with Crippen LogP contribution in [0.4, 0.5) is 0 Å². The third-order valence-corrected chi connectivity index (χ3v) is 1.53. The average Bonchev–Trinajstić information content (AvgIpc) is 2.05. The molecule has 1 rings (SSSR count). The molecule has 0 aliphatic rings. The van der Waals surface area contributed by atoms with Crippen molar-refractivity contribution in [2.24, 2.45) is 0 Å². The van der Waals surface area contributed by atoms with Crippen LogP contribution >= 0.6 is 0 Å². The average molecular weight is 146 g/mol. The number of carbonyl (C=O) groups is 1. The molecule has 1 aromatic rings. The zero-order chi connectivity index (χ0) is 8.27. The van der Waals surface area contributed by atoms with Crippen LogP contribution in [-0.2, 0) is 0 Å². The maximum Gasteiger partial charge on any atom is 0.159 e. The Morgan fingerprint density at radius 2 is 2.27 bits per heavy atom. The van der Waals surface area contributed by atoms with E-state index in [4.69, 9.17) is 0 Å². The van der Waals surface area contributed by atoms with Gasteiger partial charge in [0.25, 0.3) is 0 Å². The van der Waals surface area contributed by atoms with Crippen LogP contribution in [0, 0.1) is 0 Å². The van der Waals surface area contributed by atoms with E-state index in [1.54, 1.807) is 19.1 Å². The van der Waals surface area contributed by atoms with Gasteiger partial charge in [0.1, 0.15) is 0 Å². The van der Waals surface area contributed by atoms with E-state index in [2.05, 4.69) is 6.58 Å². The van der Waals surface area contributed by atoms with Crippen molar-refractivity contribution in [3.05, 3.63) is 42.0 Å². The second-order valence-electron chi connectivity index (χ2n) is 2.39. The molecule has 11 heavy (non-hydrogen) atoms. The molecule has 0 aliphatic heterocycles. The Morgan fingerprint density at radius 1 is 1.55 bits per heavy atom. The van der Waals surface area contributed by atoms with E-state index in [0.717, 1.165) is 11.1 Å². The number of hydrogen-bond donors (Lipinski definition) is 0. The van der Waals surface area contributed by atoms with E-state index < -0.39 is 0 Å². The summed E-state index contributed by atoms with van der Waals surface area (Å²) in [5.41, 5.74) is 1.72. The highest BCUT2D eigenvalue weighted by molar-refractivity contribution is 5.94. The monoisotopic (exact) mass is 146 g/mol. The Bertz CT molecular complexity index is 287. The number of hydrogen-bond acceptors (Lipinski definition) is 1. The van der Waals surface area contributed by atoms with Crippen molar-refractivity contribution in [1.82, 2.24) is 0 Å². The molecule has 0 unspecified atom stereocenters. The summed E-state index contributed by atoms with van der Waals surface area (Å²) in [5, 5.41) is 0. The van der Waals surface area contributed by atoms with E-state index in [-0.39, 0.29) is 5.78 Å². The summed E-state index contributed by atoms with van der Waals surface area (Å²) in [4.78, 5) is 10.9. The van der Waals surface area contributed by atoms with Gasteiger partial charge in [-0.1, -0.05) is 30.9 Å². The van der Waals surface area contributed by atoms with Crippen molar-refractivity contribution in [2.45, 2.75) is 6.92 Å². The fourth-order valence-electron chi connectivity index (χ4n) is 0.885. The lowest BCUT2D eigenvalue weighted by Gasteiger charge is -1.95. The highest BCUT2D eigenvalue weighted by Gasteiger charge is 1.96. The number of benzene rings is 1. The molecule has 0 fully saturated rings. The second kappa shape index (κ2) is 3.15. The SMILES string of the molecule is C=Cc1cccc(C(C)=O)c1. The summed E-state index contributed by atoms with van der Waals surface area (Å²) in [5.74, 6) is 0.0914. The van der Waals surface area contributed by atoms with Crippen LogP contribution < -0.4 is 0 Å². The van der Waals surface area contributed by atoms with E-state index in [1.807, 2.05) is 18.2 Å². The van der Waals surface area contributed by atoms with Gasteiger partial charge in [-0.25, -0.2) is 0 Å². The standard InChI is InChI=1S/C10H10O/c1-3-9-5-4-6-10(7-9)8(2)11/h3-7H,1H2,2H3. The van der Waals surface area contributed by atoms with Crippen molar-refractivity contribution in [1.29, 1.82) is 0 Å². The second-order valence-corrected chi connectivity index (χ2v) is 2.39. The molecule has 0 atom stereocenters. The Labute approximate surface area is 66.4 Å². The van der Waals surface area contributed by atoms with Crippen molar-refractivity contribution in [2.75, 3.05) is 0 Å². The summed E-state index contributed by atoms with van der Waals surface area (Å²) < 4.78 is 0. The van der Waals surface area contributed by atoms with Crippen LogP contribution in [0.25, 0.3) is 6.08 Å². The van der Waals surface area contributed by atoms with E-state index in [1.165, 1.54) is 0 Å². The van der Waals surface area contributed by atoms with Crippen molar-refractivity contribution >= 4 is 11.9 Å². The lowest BCUT2D eigenvalue weighted by Crippen LogP contribution is -1.90. The van der Waals surface area contributed by atoms with Gasteiger partial charge in [-0.2, -0.15) is 0 Å². The minimum Gasteiger partial charge on any atom is -0.295 e. The molecule has 1 heteroatoms. The molecule has 0 amide bonds. The smallest absolute Gasteiger partial charge is 0.159 e. The minimum absolute atomic E-state index is 0.0914. The van der Waals surface area contributed by atoms with Crippen LogP contribution in [0.3, 0.4) is 0 Å². The third kappa shape index (κ3) is 1.77. The summed E-state index contributed by atoms with van der Waals surface area (Å²) in [6.07, 6.45) is 1.73. The first-order valence-corrected chi connectivity index (χ1v) is 3.47. The lowest BCUT2D eigenvalue weighted by atomic mass is 10.1. The molecule has 0 heterocycles. The zero-order valence-corrected chi connectivity index (χ0v) is 6.50. The van der Waals surface area contributed by atoms with Crippen LogP contribution in [0.5, 0.6) is 0 Å². The number of rotatable bonds is 2. The first kappa shape index (κ1) is 7.73. The molecule has 0 N–H and O–H groups in total. The fourth-order valence-corrected chi connectivity index (χ4v) is 0.885. The zero-order valence-electron chi connectivity index (χ0n) is 6.50. The number of Topliss-reactive ketones (excluding diaryl/α,β-unsaturated/α-hetero) is 1. The Hall–Kier alpha value is -1.37. The quantitative estimate of drug-likeness (QED) is 0.586. The highest BCUT2D eigenvalue weighted by Crippen LogP contribution is 2.06. The first-order chi connectivity index (χ1) is 5.24. The van der Waals surface area contributed by atoms with Crippen LogP contribution in [0.1, 0.15) is 22.8 Å². The topological polar surface area (TPSA) is 17.1 Å². The maximum absolute atomic E-state index is 10.9. The summed E-state index contributed by atoms with van der Waals surface area (Å²) in [7, 11) is 0. The van der Waals surface area contributed by atoms with Gasteiger partial charge in [-0.3, -0.25) is 4.79 Å². The minimum atomic E-state index is 0.0914. The first-order valence-electron chi connectivity index (χ1n) is 3.47. The summed E-state index contributed by atoms with van der Waals surface area (Å²) in [6.45, 7) is 5.18. The van der Waals surface area contributed by atoms with Crippen LogP contribution in [0.15, 0.2) is 30.8 Å². The van der Waals surface area contributed by atoms with Gasteiger partial charge in [-0.05, 0) is 18.6 Å². The van der Waals surface area contributed by atoms with Crippen LogP contribution in [0.2, 0.25) is 0 Å². The molecule has 0 radical (unpaired) electrons. The van der Waals surface area contributed by atoms with E-state index in [0.29, 0.717) is 0 Å². The van der Waals surface area contributed by atoms with Crippen LogP contribution in [-0.4, -0.2) is 5.78 Å².